The summed E-state index contributed by atoms with van der Waals surface area (Å²) in [5.41, 5.74) is 3.00. The molecule has 228 valence electrons. The van der Waals surface area contributed by atoms with Crippen LogP contribution in [-0.2, 0) is 16.1 Å². The first-order valence-electron chi connectivity index (χ1n) is 13.9. The van der Waals surface area contributed by atoms with E-state index in [-0.39, 0.29) is 18.8 Å². The van der Waals surface area contributed by atoms with Crippen LogP contribution >= 0.6 is 66.4 Å². The van der Waals surface area contributed by atoms with Gasteiger partial charge in [-0.25, -0.2) is 9.79 Å². The number of aromatic nitrogens is 1. The number of thiazole rings is 1. The number of carbonyl (C=O) groups is 1. The van der Waals surface area contributed by atoms with E-state index in [1.165, 1.54) is 11.3 Å². The normalized spacial score (nSPS) is 14.8. The van der Waals surface area contributed by atoms with Gasteiger partial charge in [0.05, 0.1) is 37.4 Å². The number of rotatable bonds is 7. The fourth-order valence-corrected chi connectivity index (χ4v) is 8.28. The Morgan fingerprint density at radius 1 is 1.04 bits per heavy atom. The smallest absolute Gasteiger partial charge is 0.338 e. The molecule has 0 amide bonds. The second-order valence-electron chi connectivity index (χ2n) is 10.2. The van der Waals surface area contributed by atoms with Crippen molar-refractivity contribution >= 4 is 89.2 Å². The summed E-state index contributed by atoms with van der Waals surface area (Å²) in [5, 5.41) is 3.02. The molecule has 6 rings (SSSR count). The van der Waals surface area contributed by atoms with E-state index in [2.05, 4.69) is 31.9 Å². The third-order valence-electron chi connectivity index (χ3n) is 7.34. The highest BCUT2D eigenvalue weighted by molar-refractivity contribution is 9.11. The Morgan fingerprint density at radius 2 is 1.78 bits per heavy atom. The molecule has 0 N–H and O–H groups in total. The van der Waals surface area contributed by atoms with Crippen LogP contribution in [0.4, 0.5) is 0 Å². The van der Waals surface area contributed by atoms with Gasteiger partial charge in [-0.05, 0) is 97.9 Å². The summed E-state index contributed by atoms with van der Waals surface area (Å²) in [4.78, 5) is 32.7. The molecular formula is C34H24Br2Cl2N2O4S. The molecule has 1 aliphatic rings. The summed E-state index contributed by atoms with van der Waals surface area (Å²) in [6, 6.07) is 22.1. The number of hydrogen-bond acceptors (Lipinski definition) is 6. The van der Waals surface area contributed by atoms with Crippen molar-refractivity contribution in [1.29, 1.82) is 0 Å². The van der Waals surface area contributed by atoms with Gasteiger partial charge in [-0.15, -0.1) is 0 Å². The van der Waals surface area contributed by atoms with Crippen LogP contribution in [0.25, 0.3) is 16.8 Å². The van der Waals surface area contributed by atoms with E-state index in [1.807, 2.05) is 66.7 Å². The van der Waals surface area contributed by atoms with Crippen LogP contribution in [0.5, 0.6) is 5.75 Å². The SMILES string of the molecule is CCOC(=O)C1=C(C)N=c2s/c(=C/c3cc(Br)c(OCc4ccc(Cl)cc4Cl)c(Br)c3)c(=O)n2[C@@H]1c1cccc2ccccc12. The molecule has 2 heterocycles. The van der Waals surface area contributed by atoms with E-state index in [1.54, 1.807) is 30.5 Å². The minimum atomic E-state index is -0.706. The van der Waals surface area contributed by atoms with Gasteiger partial charge in [-0.1, -0.05) is 83.1 Å². The maximum absolute atomic E-state index is 14.2. The molecule has 0 bridgehead atoms. The Hall–Kier alpha value is -3.21. The van der Waals surface area contributed by atoms with Crippen LogP contribution in [0.15, 0.2) is 103 Å². The fourth-order valence-electron chi connectivity index (χ4n) is 5.32. The summed E-state index contributed by atoms with van der Waals surface area (Å²) in [6.45, 7) is 3.99. The topological polar surface area (TPSA) is 69.9 Å². The van der Waals surface area contributed by atoms with Crippen molar-refractivity contribution in [2.24, 2.45) is 4.99 Å². The molecule has 0 saturated heterocycles. The van der Waals surface area contributed by atoms with Gasteiger partial charge >= 0.3 is 5.97 Å². The average Bonchev–Trinajstić information content (AvgIpc) is 3.30. The van der Waals surface area contributed by atoms with Gasteiger partial charge in [0.2, 0.25) is 0 Å². The second kappa shape index (κ2) is 13.3. The van der Waals surface area contributed by atoms with Crippen LogP contribution in [0, 0.1) is 0 Å². The van der Waals surface area contributed by atoms with Gasteiger partial charge in [0, 0.05) is 15.6 Å². The number of allylic oxidation sites excluding steroid dienone is 1. The fraction of sp³-hybridized carbons (Fsp3) is 0.147. The number of halogens is 4. The molecule has 45 heavy (non-hydrogen) atoms. The molecule has 1 aliphatic heterocycles. The lowest BCUT2D eigenvalue weighted by molar-refractivity contribution is -0.139. The molecule has 6 nitrogen and oxygen atoms in total. The Labute approximate surface area is 289 Å². The quantitative estimate of drug-likeness (QED) is 0.156. The Kier molecular flexibility index (Phi) is 9.36. The Morgan fingerprint density at radius 3 is 2.51 bits per heavy atom. The second-order valence-corrected chi connectivity index (χ2v) is 13.8. The third kappa shape index (κ3) is 6.29. The summed E-state index contributed by atoms with van der Waals surface area (Å²) in [7, 11) is 0. The zero-order valence-electron chi connectivity index (χ0n) is 23.9. The zero-order chi connectivity index (χ0) is 31.8. The van der Waals surface area contributed by atoms with Crippen molar-refractivity contribution in [1.82, 2.24) is 4.57 Å². The van der Waals surface area contributed by atoms with Crippen LogP contribution in [0.1, 0.15) is 36.6 Å². The highest BCUT2D eigenvalue weighted by atomic mass is 79.9. The maximum Gasteiger partial charge on any atom is 0.338 e. The van der Waals surface area contributed by atoms with E-state index in [0.29, 0.717) is 45.3 Å². The predicted octanol–water partition coefficient (Wildman–Crippen LogP) is 8.36. The maximum atomic E-state index is 14.2. The summed E-state index contributed by atoms with van der Waals surface area (Å²) in [5.74, 6) is 0.0968. The minimum absolute atomic E-state index is 0.207. The van der Waals surface area contributed by atoms with Crippen LogP contribution in [0.3, 0.4) is 0 Å². The van der Waals surface area contributed by atoms with Gasteiger partial charge in [0.15, 0.2) is 4.80 Å². The molecule has 1 atom stereocenters. The molecule has 0 aliphatic carbocycles. The summed E-state index contributed by atoms with van der Waals surface area (Å²) >= 11 is 20.8. The first-order chi connectivity index (χ1) is 21.7. The van der Waals surface area contributed by atoms with Gasteiger partial charge < -0.3 is 9.47 Å². The molecule has 0 radical (unpaired) electrons. The van der Waals surface area contributed by atoms with Gasteiger partial charge in [-0.2, -0.15) is 0 Å². The number of fused-ring (bicyclic) bond motifs is 2. The molecule has 1 aromatic heterocycles. The molecular weight excluding hydrogens is 763 g/mol. The monoisotopic (exact) mass is 784 g/mol. The van der Waals surface area contributed by atoms with E-state index in [9.17, 15) is 9.59 Å². The molecule has 0 spiro atoms. The van der Waals surface area contributed by atoms with Crippen LogP contribution < -0.4 is 19.6 Å². The third-order valence-corrected chi connectivity index (χ3v) is 10.1. The van der Waals surface area contributed by atoms with Crippen LogP contribution in [0.2, 0.25) is 10.0 Å². The van der Waals surface area contributed by atoms with Gasteiger partial charge in [0.25, 0.3) is 5.56 Å². The predicted molar refractivity (Wildman–Crippen MR) is 187 cm³/mol. The van der Waals surface area contributed by atoms with Crippen molar-refractivity contribution in [3.05, 3.63) is 139 Å². The van der Waals surface area contributed by atoms with E-state index < -0.39 is 12.0 Å². The zero-order valence-corrected chi connectivity index (χ0v) is 29.4. The number of carbonyl (C=O) groups excluding carboxylic acids is 1. The van der Waals surface area contributed by atoms with E-state index >= 15 is 0 Å². The van der Waals surface area contributed by atoms with Gasteiger partial charge in [0.1, 0.15) is 12.4 Å². The molecule has 4 aromatic carbocycles. The Balaban J connectivity index is 1.43. The standard InChI is InChI=1S/C34H24Br2Cl2N2O4S/c1-3-43-33(42)29-18(2)39-34-40(30(29)24-10-6-8-20-7-4-5-9-23(20)24)32(41)28(45-34)15-19-13-25(35)31(26(36)14-19)44-17-21-11-12-22(37)16-27(21)38/h4-16,30H,3,17H2,1-2H3/b28-15+/t30-/m1/s1. The number of esters is 1. The number of hydrogen-bond donors (Lipinski definition) is 0. The van der Waals surface area contributed by atoms with Gasteiger partial charge in [-0.3, -0.25) is 9.36 Å². The lowest BCUT2D eigenvalue weighted by atomic mass is 9.91. The first-order valence-corrected chi connectivity index (χ1v) is 17.0. The van der Waals surface area contributed by atoms with Crippen molar-refractivity contribution in [3.8, 4) is 5.75 Å². The van der Waals surface area contributed by atoms with Crippen molar-refractivity contribution in [2.75, 3.05) is 6.61 Å². The number of ether oxygens (including phenoxy) is 2. The van der Waals surface area contributed by atoms with Crippen LogP contribution in [-0.4, -0.2) is 17.1 Å². The van der Waals surface area contributed by atoms with E-state index in [4.69, 9.17) is 37.7 Å². The number of nitrogens with zero attached hydrogens (tertiary/aromatic N) is 2. The molecule has 5 aromatic rings. The lowest BCUT2D eigenvalue weighted by Crippen LogP contribution is -2.40. The van der Waals surface area contributed by atoms with Crippen molar-refractivity contribution in [2.45, 2.75) is 26.5 Å². The molecule has 0 fully saturated rings. The molecule has 11 heteroatoms. The lowest BCUT2D eigenvalue weighted by Gasteiger charge is -2.25. The number of benzene rings is 4. The highest BCUT2D eigenvalue weighted by Gasteiger charge is 2.34. The Bertz CT molecular complexity index is 2180. The highest BCUT2D eigenvalue weighted by Crippen LogP contribution is 2.37. The van der Waals surface area contributed by atoms with Crippen molar-refractivity contribution in [3.63, 3.8) is 0 Å². The van der Waals surface area contributed by atoms with E-state index in [0.717, 1.165) is 27.5 Å². The average molecular weight is 787 g/mol. The molecule has 0 unspecified atom stereocenters. The minimum Gasteiger partial charge on any atom is -0.486 e. The summed E-state index contributed by atoms with van der Waals surface area (Å²) < 4.78 is 15.0. The first kappa shape index (κ1) is 31.8. The van der Waals surface area contributed by atoms with Crippen molar-refractivity contribution < 1.29 is 14.3 Å². The summed E-state index contributed by atoms with van der Waals surface area (Å²) in [6.07, 6.45) is 1.81. The molecule has 0 saturated carbocycles. The largest absolute Gasteiger partial charge is 0.486 e.